The summed E-state index contributed by atoms with van der Waals surface area (Å²) in [4.78, 5) is 2.03. The highest BCUT2D eigenvalue weighted by atomic mass is 19.1. The molecule has 0 aliphatic carbocycles. The smallest absolute Gasteiger partial charge is 0.129 e. The van der Waals surface area contributed by atoms with E-state index in [1.807, 2.05) is 4.90 Å². The number of likely N-dealkylation sites (tertiary alicyclic amines) is 1. The maximum atomic E-state index is 13.9. The molecule has 0 saturated carbocycles. The molecule has 3 nitrogen and oxygen atoms in total. The molecule has 0 amide bonds. The highest BCUT2D eigenvalue weighted by Crippen LogP contribution is 2.34. The molecule has 2 aromatic rings. The van der Waals surface area contributed by atoms with Crippen molar-refractivity contribution in [3.05, 3.63) is 71.3 Å². The molecule has 0 aromatic heterocycles. The Balaban J connectivity index is 1.61. The first-order chi connectivity index (χ1) is 11.5. The Kier molecular flexibility index (Phi) is 4.94. The highest BCUT2D eigenvalue weighted by Gasteiger charge is 2.36. The number of rotatable bonds is 4. The van der Waals surface area contributed by atoms with Gasteiger partial charge in [0, 0.05) is 25.2 Å². The lowest BCUT2D eigenvalue weighted by atomic mass is 9.84. The molecule has 1 atom stereocenters. The molecule has 2 N–H and O–H groups in total. The summed E-state index contributed by atoms with van der Waals surface area (Å²) in [6.45, 7) is 1.52. The van der Waals surface area contributed by atoms with Crippen molar-refractivity contribution in [1.82, 2.24) is 4.90 Å². The van der Waals surface area contributed by atoms with Crippen LogP contribution in [0.4, 0.5) is 8.78 Å². The minimum absolute atomic E-state index is 0.334. The van der Waals surface area contributed by atoms with Gasteiger partial charge in [0.2, 0.25) is 0 Å². The molecule has 0 radical (unpaired) electrons. The van der Waals surface area contributed by atoms with E-state index in [0.717, 1.165) is 0 Å². The van der Waals surface area contributed by atoms with Gasteiger partial charge in [0.1, 0.15) is 11.6 Å². The van der Waals surface area contributed by atoms with E-state index >= 15 is 0 Å². The molecule has 0 bridgehead atoms. The topological polar surface area (TPSA) is 43.7 Å². The predicted molar refractivity (Wildman–Crippen MR) is 87.3 cm³/mol. The molecular formula is C19H21F2NO2. The van der Waals surface area contributed by atoms with Gasteiger partial charge in [-0.2, -0.15) is 0 Å². The molecule has 1 saturated heterocycles. The van der Waals surface area contributed by atoms with E-state index in [0.29, 0.717) is 43.6 Å². The zero-order valence-electron chi connectivity index (χ0n) is 13.3. The molecule has 5 heteroatoms. The lowest BCUT2D eigenvalue weighted by Crippen LogP contribution is -2.44. The normalized spacial score (nSPS) is 19.2. The fourth-order valence-electron chi connectivity index (χ4n) is 3.25. The number of aliphatic hydroxyl groups excluding tert-OH is 1. The monoisotopic (exact) mass is 333 g/mol. The molecule has 1 aliphatic rings. The van der Waals surface area contributed by atoms with E-state index in [1.54, 1.807) is 30.3 Å². The molecule has 24 heavy (non-hydrogen) atoms. The Labute approximate surface area is 140 Å². The van der Waals surface area contributed by atoms with E-state index in [9.17, 15) is 19.0 Å². The van der Waals surface area contributed by atoms with Crippen molar-refractivity contribution >= 4 is 0 Å². The summed E-state index contributed by atoms with van der Waals surface area (Å²) in [7, 11) is 0. The fraction of sp³-hybridized carbons (Fsp3) is 0.368. The van der Waals surface area contributed by atoms with Crippen molar-refractivity contribution in [3.8, 4) is 0 Å². The van der Waals surface area contributed by atoms with Crippen molar-refractivity contribution in [2.75, 3.05) is 19.6 Å². The van der Waals surface area contributed by atoms with Crippen LogP contribution in [0.15, 0.2) is 48.5 Å². The maximum Gasteiger partial charge on any atom is 0.129 e. The quantitative estimate of drug-likeness (QED) is 0.904. The highest BCUT2D eigenvalue weighted by molar-refractivity contribution is 5.25. The first-order valence-electron chi connectivity index (χ1n) is 8.11. The van der Waals surface area contributed by atoms with Crippen LogP contribution in [0, 0.1) is 11.6 Å². The molecule has 3 rings (SSSR count). The molecule has 1 aliphatic heterocycles. The lowest BCUT2D eigenvalue weighted by Gasteiger charge is -2.39. The van der Waals surface area contributed by atoms with E-state index in [2.05, 4.69) is 0 Å². The van der Waals surface area contributed by atoms with Gasteiger partial charge < -0.3 is 15.1 Å². The van der Waals surface area contributed by atoms with Crippen molar-refractivity contribution in [1.29, 1.82) is 0 Å². The summed E-state index contributed by atoms with van der Waals surface area (Å²) in [5, 5.41) is 21.0. The summed E-state index contributed by atoms with van der Waals surface area (Å²) >= 11 is 0. The number of aliphatic hydroxyl groups is 2. The first-order valence-corrected chi connectivity index (χ1v) is 8.11. The van der Waals surface area contributed by atoms with Gasteiger partial charge in [-0.25, -0.2) is 8.78 Å². The molecule has 1 unspecified atom stereocenters. The van der Waals surface area contributed by atoms with E-state index in [4.69, 9.17) is 0 Å². The van der Waals surface area contributed by atoms with Crippen LogP contribution in [0.2, 0.25) is 0 Å². The maximum absolute atomic E-state index is 13.9. The number of hydrogen-bond acceptors (Lipinski definition) is 3. The standard InChI is InChI=1S/C19H21F2NO2/c20-15-7-5-14(6-8-15)18(23)13-22-11-9-19(24,10-12-22)16-3-1-2-4-17(16)21/h1-8,18,23-24H,9-13H2. The molecule has 2 aromatic carbocycles. The minimum Gasteiger partial charge on any atom is -0.387 e. The Morgan fingerprint density at radius 1 is 1.00 bits per heavy atom. The van der Waals surface area contributed by atoms with Crippen molar-refractivity contribution in [2.24, 2.45) is 0 Å². The number of β-amino-alcohol motifs (C(OH)–C–C–N with tert-alkyl or cyclic N) is 1. The van der Waals surface area contributed by atoms with Crippen LogP contribution >= 0.6 is 0 Å². The van der Waals surface area contributed by atoms with Gasteiger partial charge in [0.25, 0.3) is 0 Å². The third-order valence-corrected chi connectivity index (χ3v) is 4.74. The fourth-order valence-corrected chi connectivity index (χ4v) is 3.25. The summed E-state index contributed by atoms with van der Waals surface area (Å²) in [6, 6.07) is 12.1. The van der Waals surface area contributed by atoms with Gasteiger partial charge in [-0.05, 0) is 36.6 Å². The number of benzene rings is 2. The van der Waals surface area contributed by atoms with Crippen LogP contribution in [0.25, 0.3) is 0 Å². The van der Waals surface area contributed by atoms with Gasteiger partial charge in [-0.1, -0.05) is 30.3 Å². The molecule has 1 fully saturated rings. The van der Waals surface area contributed by atoms with E-state index in [-0.39, 0.29) is 11.6 Å². The zero-order chi connectivity index (χ0) is 17.2. The van der Waals surface area contributed by atoms with Gasteiger partial charge in [-0.3, -0.25) is 0 Å². The summed E-state index contributed by atoms with van der Waals surface area (Å²) in [6.07, 6.45) is 0.0963. The van der Waals surface area contributed by atoms with Crippen LogP contribution in [0.1, 0.15) is 30.1 Å². The third kappa shape index (κ3) is 3.64. The second kappa shape index (κ2) is 6.97. The van der Waals surface area contributed by atoms with Crippen LogP contribution in [0.5, 0.6) is 0 Å². The number of halogens is 2. The van der Waals surface area contributed by atoms with Crippen LogP contribution < -0.4 is 0 Å². The average Bonchev–Trinajstić information content (AvgIpc) is 2.58. The van der Waals surface area contributed by atoms with Crippen LogP contribution in [-0.2, 0) is 5.60 Å². The third-order valence-electron chi connectivity index (χ3n) is 4.74. The molecule has 1 heterocycles. The second-order valence-corrected chi connectivity index (χ2v) is 6.38. The molecule has 0 spiro atoms. The largest absolute Gasteiger partial charge is 0.387 e. The summed E-state index contributed by atoms with van der Waals surface area (Å²) in [5.41, 5.74) is -0.169. The SMILES string of the molecule is OC(CN1CCC(O)(c2ccccc2F)CC1)c1ccc(F)cc1. The lowest BCUT2D eigenvalue weighted by molar-refractivity contribution is -0.0367. The average molecular weight is 333 g/mol. The molecular weight excluding hydrogens is 312 g/mol. The van der Waals surface area contributed by atoms with E-state index in [1.165, 1.54) is 18.2 Å². The van der Waals surface area contributed by atoms with Gasteiger partial charge in [-0.15, -0.1) is 0 Å². The Morgan fingerprint density at radius 3 is 2.25 bits per heavy atom. The van der Waals surface area contributed by atoms with Crippen molar-refractivity contribution in [3.63, 3.8) is 0 Å². The molecule has 128 valence electrons. The van der Waals surface area contributed by atoms with Crippen LogP contribution in [-0.4, -0.2) is 34.7 Å². The van der Waals surface area contributed by atoms with Gasteiger partial charge >= 0.3 is 0 Å². The van der Waals surface area contributed by atoms with Crippen LogP contribution in [0.3, 0.4) is 0 Å². The number of piperidine rings is 1. The second-order valence-electron chi connectivity index (χ2n) is 6.38. The number of nitrogens with zero attached hydrogens (tertiary/aromatic N) is 1. The Hall–Kier alpha value is -1.82. The Morgan fingerprint density at radius 2 is 1.62 bits per heavy atom. The number of hydrogen-bond donors (Lipinski definition) is 2. The predicted octanol–water partition coefficient (Wildman–Crippen LogP) is 2.98. The van der Waals surface area contributed by atoms with Gasteiger partial charge in [0.05, 0.1) is 11.7 Å². The Bertz CT molecular complexity index is 682. The zero-order valence-corrected chi connectivity index (χ0v) is 13.3. The van der Waals surface area contributed by atoms with Gasteiger partial charge in [0.15, 0.2) is 0 Å². The van der Waals surface area contributed by atoms with Crippen molar-refractivity contribution < 1.29 is 19.0 Å². The summed E-state index contributed by atoms with van der Waals surface area (Å²) < 4.78 is 26.9. The first kappa shape index (κ1) is 17.0. The minimum atomic E-state index is -1.16. The van der Waals surface area contributed by atoms with Crippen molar-refractivity contribution in [2.45, 2.75) is 24.5 Å². The van der Waals surface area contributed by atoms with E-state index < -0.39 is 11.7 Å². The summed E-state index contributed by atoms with van der Waals surface area (Å²) in [5.74, 6) is -0.723.